The van der Waals surface area contributed by atoms with E-state index in [1.165, 1.54) is 37.1 Å². The molecule has 2 aromatic carbocycles. The third kappa shape index (κ3) is 4.37. The van der Waals surface area contributed by atoms with Crippen LogP contribution in [0.4, 0.5) is 10.1 Å². The number of phenolic OH excluding ortho intramolecular Hbond substituents is 1. The van der Waals surface area contributed by atoms with E-state index >= 15 is 4.39 Å². The van der Waals surface area contributed by atoms with E-state index in [4.69, 9.17) is 0 Å². The number of anilines is 1. The molecule has 204 valence electrons. The second-order valence-electron chi connectivity index (χ2n) is 12.7. The first-order valence-electron chi connectivity index (χ1n) is 14.4. The number of rotatable bonds is 4. The predicted molar refractivity (Wildman–Crippen MR) is 156 cm³/mol. The lowest BCUT2D eigenvalue weighted by atomic mass is 9.48. The van der Waals surface area contributed by atoms with E-state index in [2.05, 4.69) is 16.0 Å². The molecule has 0 aromatic heterocycles. The standard InChI is InChI=1S/C32H36FN3O2S/c1-35(2)27-6-5-19(13-28-30(38)34-31(39-28)36-7-3-4-8-36)12-24(27)23-14-25(29(37)26(33)15-23)32-16-20-9-21(17-32)11-22(10-20)18-32/h5-6,12-15,20-22,37H,3-4,7-11,16-18H2,1-2H3/b28-13+. The Hall–Kier alpha value is -2.80. The van der Waals surface area contributed by atoms with Gasteiger partial charge in [0.2, 0.25) is 0 Å². The maximum absolute atomic E-state index is 15.5. The summed E-state index contributed by atoms with van der Waals surface area (Å²) < 4.78 is 15.5. The summed E-state index contributed by atoms with van der Waals surface area (Å²) in [6.07, 6.45) is 11.2. The summed E-state index contributed by atoms with van der Waals surface area (Å²) in [6.45, 7) is 1.90. The minimum atomic E-state index is -0.545. The van der Waals surface area contributed by atoms with Crippen molar-refractivity contribution < 1.29 is 14.3 Å². The average molecular weight is 546 g/mol. The predicted octanol–water partition coefficient (Wildman–Crippen LogP) is 6.80. The third-order valence-corrected chi connectivity index (χ3v) is 10.8. The number of phenols is 1. The fourth-order valence-corrected chi connectivity index (χ4v) is 9.42. The van der Waals surface area contributed by atoms with Crippen molar-refractivity contribution in [1.29, 1.82) is 0 Å². The van der Waals surface area contributed by atoms with Gasteiger partial charge in [0.15, 0.2) is 16.7 Å². The fraction of sp³-hybridized carbons (Fsp3) is 0.500. The van der Waals surface area contributed by atoms with Crippen molar-refractivity contribution in [3.63, 3.8) is 0 Å². The van der Waals surface area contributed by atoms with Crippen LogP contribution in [0.5, 0.6) is 5.75 Å². The molecular formula is C32H36FN3O2S. The molecule has 8 rings (SSSR count). The largest absolute Gasteiger partial charge is 0.505 e. The summed E-state index contributed by atoms with van der Waals surface area (Å²) in [6, 6.07) is 9.62. The number of thioether (sulfide) groups is 1. The van der Waals surface area contributed by atoms with Gasteiger partial charge in [0.1, 0.15) is 0 Å². The van der Waals surface area contributed by atoms with Gasteiger partial charge in [0.05, 0.1) is 4.91 Å². The number of halogens is 1. The van der Waals surface area contributed by atoms with Crippen LogP contribution in [-0.2, 0) is 10.2 Å². The van der Waals surface area contributed by atoms with E-state index in [1.807, 2.05) is 43.3 Å². The number of nitrogens with zero attached hydrogens (tertiary/aromatic N) is 3. The summed E-state index contributed by atoms with van der Waals surface area (Å²) >= 11 is 1.45. The van der Waals surface area contributed by atoms with Crippen LogP contribution in [0.15, 0.2) is 40.2 Å². The monoisotopic (exact) mass is 545 g/mol. The Morgan fingerprint density at radius 2 is 1.72 bits per heavy atom. The van der Waals surface area contributed by atoms with Crippen LogP contribution < -0.4 is 4.90 Å². The smallest absolute Gasteiger partial charge is 0.286 e. The zero-order chi connectivity index (χ0) is 26.9. The molecule has 6 aliphatic rings. The first-order chi connectivity index (χ1) is 18.8. The van der Waals surface area contributed by atoms with E-state index in [0.29, 0.717) is 22.7 Å². The molecule has 2 aromatic rings. The first-order valence-corrected chi connectivity index (χ1v) is 15.2. The molecule has 1 amide bonds. The average Bonchev–Trinajstić information content (AvgIpc) is 3.55. The van der Waals surface area contributed by atoms with Crippen LogP contribution in [0.2, 0.25) is 0 Å². The van der Waals surface area contributed by atoms with Gasteiger partial charge in [-0.25, -0.2) is 4.39 Å². The molecule has 2 heterocycles. The number of aliphatic imine (C=N–C) groups is 1. The molecule has 1 saturated heterocycles. The van der Waals surface area contributed by atoms with Crippen LogP contribution in [0.3, 0.4) is 0 Å². The Balaban J connectivity index is 1.27. The lowest BCUT2D eigenvalue weighted by Gasteiger charge is -2.57. The Morgan fingerprint density at radius 3 is 2.36 bits per heavy atom. The number of aromatic hydroxyl groups is 1. The molecule has 4 saturated carbocycles. The zero-order valence-corrected chi connectivity index (χ0v) is 23.6. The summed E-state index contributed by atoms with van der Waals surface area (Å²) in [4.78, 5) is 21.9. The Morgan fingerprint density at radius 1 is 1.05 bits per heavy atom. The molecule has 0 unspecified atom stereocenters. The van der Waals surface area contributed by atoms with Gasteiger partial charge in [0, 0.05) is 44.0 Å². The molecular weight excluding hydrogens is 509 g/mol. The fourth-order valence-electron chi connectivity index (χ4n) is 8.46. The number of carbonyl (C=O) groups is 1. The van der Waals surface area contributed by atoms with Gasteiger partial charge in [-0.15, -0.1) is 0 Å². The van der Waals surface area contributed by atoms with Gasteiger partial charge < -0.3 is 14.9 Å². The number of likely N-dealkylation sites (tertiary alicyclic amines) is 1. The van der Waals surface area contributed by atoms with E-state index in [9.17, 15) is 9.90 Å². The number of hydrogen-bond acceptors (Lipinski definition) is 5. The minimum absolute atomic E-state index is 0.121. The Kier molecular flexibility index (Phi) is 6.07. The van der Waals surface area contributed by atoms with Crippen molar-refractivity contribution in [2.75, 3.05) is 32.1 Å². The van der Waals surface area contributed by atoms with Crippen molar-refractivity contribution in [2.24, 2.45) is 22.7 Å². The molecule has 2 aliphatic heterocycles. The second-order valence-corrected chi connectivity index (χ2v) is 13.7. The molecule has 1 N–H and O–H groups in total. The zero-order valence-electron chi connectivity index (χ0n) is 22.8. The maximum Gasteiger partial charge on any atom is 0.286 e. The van der Waals surface area contributed by atoms with Gasteiger partial charge in [0.25, 0.3) is 5.91 Å². The molecule has 4 aliphatic carbocycles. The molecule has 7 heteroatoms. The van der Waals surface area contributed by atoms with Crippen LogP contribution >= 0.6 is 11.8 Å². The van der Waals surface area contributed by atoms with Gasteiger partial charge >= 0.3 is 0 Å². The SMILES string of the molecule is CN(C)c1ccc(/C=C2/SC(N3CCCC3)=NC2=O)cc1-c1cc(F)c(O)c(C23CC4CC(CC(C4)C2)C3)c1. The second kappa shape index (κ2) is 9.39. The van der Waals surface area contributed by atoms with E-state index < -0.39 is 5.82 Å². The topological polar surface area (TPSA) is 56.1 Å². The molecule has 0 radical (unpaired) electrons. The van der Waals surface area contributed by atoms with Crippen LogP contribution in [-0.4, -0.2) is 48.3 Å². The molecule has 39 heavy (non-hydrogen) atoms. The summed E-state index contributed by atoms with van der Waals surface area (Å²) in [5.41, 5.74) is 4.21. The molecule has 0 atom stereocenters. The summed E-state index contributed by atoms with van der Waals surface area (Å²) in [5, 5.41) is 11.8. The summed E-state index contributed by atoms with van der Waals surface area (Å²) in [5.74, 6) is 1.19. The quantitative estimate of drug-likeness (QED) is 0.429. The normalized spacial score (nSPS) is 30.5. The first kappa shape index (κ1) is 25.2. The Bertz CT molecular complexity index is 1370. The summed E-state index contributed by atoms with van der Waals surface area (Å²) in [7, 11) is 3.97. The van der Waals surface area contributed by atoms with Gasteiger partial charge in [-0.2, -0.15) is 4.99 Å². The lowest BCUT2D eigenvalue weighted by Crippen LogP contribution is -2.48. The van der Waals surface area contributed by atoms with E-state index in [-0.39, 0.29) is 17.1 Å². The molecule has 5 nitrogen and oxygen atoms in total. The highest BCUT2D eigenvalue weighted by Crippen LogP contribution is 2.62. The van der Waals surface area contributed by atoms with Crippen molar-refractivity contribution in [3.05, 3.63) is 52.2 Å². The van der Waals surface area contributed by atoms with Gasteiger partial charge in [-0.3, -0.25) is 4.79 Å². The van der Waals surface area contributed by atoms with E-state index in [1.54, 1.807) is 0 Å². The maximum atomic E-state index is 15.5. The van der Waals surface area contributed by atoms with Crippen LogP contribution in [0, 0.1) is 23.6 Å². The number of benzene rings is 2. The van der Waals surface area contributed by atoms with Crippen LogP contribution in [0.25, 0.3) is 17.2 Å². The highest BCUT2D eigenvalue weighted by atomic mass is 32.2. The van der Waals surface area contributed by atoms with Crippen molar-refractivity contribution in [3.8, 4) is 16.9 Å². The number of amidine groups is 1. The van der Waals surface area contributed by atoms with Crippen molar-refractivity contribution in [2.45, 2.75) is 56.8 Å². The van der Waals surface area contributed by atoms with Crippen LogP contribution in [0.1, 0.15) is 62.5 Å². The van der Waals surface area contributed by atoms with Crippen molar-refractivity contribution >= 4 is 34.6 Å². The lowest BCUT2D eigenvalue weighted by molar-refractivity contribution is -0.113. The minimum Gasteiger partial charge on any atom is -0.505 e. The van der Waals surface area contributed by atoms with E-state index in [0.717, 1.165) is 78.3 Å². The third-order valence-electron chi connectivity index (χ3n) is 9.77. The number of amides is 1. The molecule has 4 bridgehead atoms. The Labute approximate surface area is 234 Å². The van der Waals surface area contributed by atoms with Crippen molar-refractivity contribution in [1.82, 2.24) is 4.90 Å². The van der Waals surface area contributed by atoms with Gasteiger partial charge in [-0.1, -0.05) is 6.07 Å². The highest BCUT2D eigenvalue weighted by molar-refractivity contribution is 8.18. The molecule has 0 spiro atoms. The van der Waals surface area contributed by atoms with Gasteiger partial charge in [-0.05, 0) is 128 Å². The molecule has 5 fully saturated rings. The number of carbonyl (C=O) groups excluding carboxylic acids is 1. The number of hydrogen-bond donors (Lipinski definition) is 1. The highest BCUT2D eigenvalue weighted by Gasteiger charge is 2.52.